The fraction of sp³-hybridized carbons (Fsp3) is 0.375. The maximum atomic E-state index is 14.3. The second-order valence-corrected chi connectivity index (χ2v) is 12.5. The Labute approximate surface area is 259 Å². The summed E-state index contributed by atoms with van der Waals surface area (Å²) in [5.41, 5.74) is 4.17. The van der Waals surface area contributed by atoms with Crippen LogP contribution in [-0.4, -0.2) is 57.0 Å². The number of carbonyl (C=O) groups excluding carboxylic acids is 2. The van der Waals surface area contributed by atoms with Crippen molar-refractivity contribution in [3.05, 3.63) is 86.2 Å². The van der Waals surface area contributed by atoms with Crippen LogP contribution in [0.3, 0.4) is 0 Å². The highest BCUT2D eigenvalue weighted by Crippen LogP contribution is 2.37. The first-order valence-corrected chi connectivity index (χ1v) is 14.9. The largest absolute Gasteiger partial charge is 0.497 e. The van der Waals surface area contributed by atoms with Crippen LogP contribution < -0.4 is 4.74 Å². The summed E-state index contributed by atoms with van der Waals surface area (Å²) in [6, 6.07) is 17.2. The van der Waals surface area contributed by atoms with Crippen molar-refractivity contribution < 1.29 is 23.8 Å². The first-order chi connectivity index (χ1) is 20.0. The molecule has 0 radical (unpaired) electrons. The number of rotatable bonds is 8. The Balaban J connectivity index is 1.55. The molecule has 0 bridgehead atoms. The Morgan fingerprint density at radius 1 is 1.07 bits per heavy atom. The van der Waals surface area contributed by atoms with Crippen LogP contribution in [0.5, 0.6) is 5.75 Å². The normalized spacial score (nSPS) is 16.1. The minimum absolute atomic E-state index is 0.131. The van der Waals surface area contributed by atoms with E-state index in [1.807, 2.05) is 93.9 Å². The molecule has 0 spiro atoms. The number of nitrogens with zero attached hydrogens (tertiary/aromatic N) is 4. The molecule has 1 fully saturated rings. The van der Waals surface area contributed by atoms with Gasteiger partial charge >= 0.3 is 6.09 Å². The Bertz CT molecular complexity index is 1610. The highest BCUT2D eigenvalue weighted by molar-refractivity contribution is 14.1. The van der Waals surface area contributed by atoms with E-state index in [0.29, 0.717) is 24.2 Å². The fourth-order valence-corrected chi connectivity index (χ4v) is 6.56. The number of hydrogen-bond acceptors (Lipinski definition) is 7. The summed E-state index contributed by atoms with van der Waals surface area (Å²) in [6.07, 6.45) is -1.23. The molecular weight excluding hydrogens is 647 g/mol. The van der Waals surface area contributed by atoms with Crippen molar-refractivity contribution in [2.24, 2.45) is 0 Å². The molecule has 2 aromatic heterocycles. The molecule has 2 aromatic carbocycles. The number of imide groups is 1. The molecule has 0 aliphatic carbocycles. The minimum atomic E-state index is -1.07. The number of amides is 2. The standard InChI is InChI=1S/C32H35IN4O5/c1-19-25(27(33)26-20(2)35-36(29(26)34-19)17-22-12-14-24(40-6)15-13-22)28(42-32(3,4)5)30(38)37-23(18-41-31(37)39)16-21-10-8-7-9-11-21/h7-15,23,28H,16-18H2,1-6H3/t23-,28+/m1/s1. The average Bonchev–Trinajstić information content (AvgIpc) is 3.46. The second kappa shape index (κ2) is 12.0. The highest BCUT2D eigenvalue weighted by Gasteiger charge is 2.44. The monoisotopic (exact) mass is 682 g/mol. The highest BCUT2D eigenvalue weighted by atomic mass is 127. The van der Waals surface area contributed by atoms with Gasteiger partial charge in [0.25, 0.3) is 5.91 Å². The second-order valence-electron chi connectivity index (χ2n) is 11.5. The number of carbonyl (C=O) groups is 2. The third-order valence-corrected chi connectivity index (χ3v) is 8.30. The predicted octanol–water partition coefficient (Wildman–Crippen LogP) is 6.16. The number of cyclic esters (lactones) is 1. The first kappa shape index (κ1) is 30.0. The molecule has 1 aliphatic heterocycles. The predicted molar refractivity (Wildman–Crippen MR) is 168 cm³/mol. The van der Waals surface area contributed by atoms with Gasteiger partial charge in [0, 0.05) is 14.8 Å². The average molecular weight is 683 g/mol. The molecule has 42 heavy (non-hydrogen) atoms. The summed E-state index contributed by atoms with van der Waals surface area (Å²) in [5.74, 6) is 0.328. The van der Waals surface area contributed by atoms with Gasteiger partial charge in [0.05, 0.1) is 36.4 Å². The Morgan fingerprint density at radius 2 is 1.76 bits per heavy atom. The Hall–Kier alpha value is -3.51. The third-order valence-electron chi connectivity index (χ3n) is 7.18. The van der Waals surface area contributed by atoms with E-state index < -0.39 is 29.7 Å². The van der Waals surface area contributed by atoms with E-state index in [4.69, 9.17) is 24.3 Å². The number of methoxy groups -OCH3 is 1. The fourth-order valence-electron chi connectivity index (χ4n) is 5.25. The molecule has 9 nitrogen and oxygen atoms in total. The number of fused-ring (bicyclic) bond motifs is 1. The zero-order valence-electron chi connectivity index (χ0n) is 24.7. The van der Waals surface area contributed by atoms with Crippen LogP contribution in [0.4, 0.5) is 4.79 Å². The van der Waals surface area contributed by atoms with Crippen molar-refractivity contribution >= 4 is 45.6 Å². The number of hydrogen-bond donors (Lipinski definition) is 0. The maximum Gasteiger partial charge on any atom is 0.417 e. The molecule has 0 saturated carbocycles. The molecule has 1 aliphatic rings. The molecule has 2 amide bonds. The van der Waals surface area contributed by atoms with Gasteiger partial charge in [-0.3, -0.25) is 4.79 Å². The lowest BCUT2D eigenvalue weighted by Crippen LogP contribution is -2.45. The first-order valence-electron chi connectivity index (χ1n) is 13.8. The molecule has 0 unspecified atom stereocenters. The van der Waals surface area contributed by atoms with E-state index in [2.05, 4.69) is 22.6 Å². The van der Waals surface area contributed by atoms with Crippen molar-refractivity contribution in [2.75, 3.05) is 13.7 Å². The van der Waals surface area contributed by atoms with Gasteiger partial charge in [-0.25, -0.2) is 19.4 Å². The number of pyridine rings is 1. The van der Waals surface area contributed by atoms with Crippen molar-refractivity contribution in [3.8, 4) is 5.75 Å². The number of benzene rings is 2. The van der Waals surface area contributed by atoms with Gasteiger partial charge in [0.2, 0.25) is 0 Å². The molecule has 2 atom stereocenters. The summed E-state index contributed by atoms with van der Waals surface area (Å²) in [4.78, 5) is 33.4. The molecular formula is C32H35IN4O5. The van der Waals surface area contributed by atoms with Crippen molar-refractivity contribution in [3.63, 3.8) is 0 Å². The smallest absolute Gasteiger partial charge is 0.417 e. The minimum Gasteiger partial charge on any atom is -0.497 e. The summed E-state index contributed by atoms with van der Waals surface area (Å²) in [5, 5.41) is 5.66. The summed E-state index contributed by atoms with van der Waals surface area (Å²) in [7, 11) is 1.64. The van der Waals surface area contributed by atoms with Crippen LogP contribution in [0.15, 0.2) is 54.6 Å². The van der Waals surface area contributed by atoms with Crippen LogP contribution in [-0.2, 0) is 27.2 Å². The van der Waals surface area contributed by atoms with Gasteiger partial charge in [-0.15, -0.1) is 0 Å². The van der Waals surface area contributed by atoms with Crippen molar-refractivity contribution in [1.29, 1.82) is 0 Å². The van der Waals surface area contributed by atoms with Gasteiger partial charge in [0.15, 0.2) is 11.8 Å². The van der Waals surface area contributed by atoms with Crippen LogP contribution >= 0.6 is 22.6 Å². The molecule has 1 saturated heterocycles. The summed E-state index contributed by atoms with van der Waals surface area (Å²) in [6.45, 7) is 10.1. The maximum absolute atomic E-state index is 14.3. The Kier molecular flexibility index (Phi) is 8.56. The van der Waals surface area contributed by atoms with E-state index in [1.165, 1.54) is 4.90 Å². The van der Waals surface area contributed by atoms with E-state index in [-0.39, 0.29) is 6.61 Å². The number of halogens is 1. The van der Waals surface area contributed by atoms with E-state index in [9.17, 15) is 9.59 Å². The van der Waals surface area contributed by atoms with Crippen LogP contribution in [0.1, 0.15) is 55.0 Å². The number of aromatic nitrogens is 3. The van der Waals surface area contributed by atoms with Crippen LogP contribution in [0.25, 0.3) is 11.0 Å². The molecule has 0 N–H and O–H groups in total. The molecule has 3 heterocycles. The lowest BCUT2D eigenvalue weighted by molar-refractivity contribution is -0.152. The Morgan fingerprint density at radius 3 is 2.40 bits per heavy atom. The van der Waals surface area contributed by atoms with Crippen molar-refractivity contribution in [2.45, 2.75) is 65.3 Å². The van der Waals surface area contributed by atoms with Gasteiger partial charge < -0.3 is 14.2 Å². The van der Waals surface area contributed by atoms with Crippen LogP contribution in [0.2, 0.25) is 0 Å². The molecule has 4 aromatic rings. The molecule has 220 valence electrons. The van der Waals surface area contributed by atoms with Gasteiger partial charge in [0.1, 0.15) is 12.4 Å². The molecule has 10 heteroatoms. The number of ether oxygens (including phenoxy) is 3. The lowest BCUT2D eigenvalue weighted by Gasteiger charge is -2.31. The topological polar surface area (TPSA) is 95.8 Å². The quantitative estimate of drug-likeness (QED) is 0.206. The SMILES string of the molecule is COc1ccc(Cn2nc(C)c3c(I)c([C@H](OC(C)(C)C)C(=O)N4C(=O)OC[C@H]4Cc4ccccc4)c(C)nc32)cc1. The molecule has 5 rings (SSSR count). The van der Waals surface area contributed by atoms with E-state index >= 15 is 0 Å². The van der Waals surface area contributed by atoms with Gasteiger partial charge in [-0.05, 0) is 86.9 Å². The van der Waals surface area contributed by atoms with Gasteiger partial charge in [-0.2, -0.15) is 5.10 Å². The third kappa shape index (κ3) is 6.14. The van der Waals surface area contributed by atoms with Crippen molar-refractivity contribution in [1.82, 2.24) is 19.7 Å². The van der Waals surface area contributed by atoms with Crippen LogP contribution in [0, 0.1) is 17.4 Å². The zero-order chi connectivity index (χ0) is 30.2. The van der Waals surface area contributed by atoms with Gasteiger partial charge in [-0.1, -0.05) is 42.5 Å². The summed E-state index contributed by atoms with van der Waals surface area (Å²) < 4.78 is 19.8. The van der Waals surface area contributed by atoms with E-state index in [0.717, 1.165) is 37.2 Å². The van der Waals surface area contributed by atoms with E-state index in [1.54, 1.807) is 7.11 Å². The summed E-state index contributed by atoms with van der Waals surface area (Å²) >= 11 is 2.26. The number of aryl methyl sites for hydroxylation is 2. The zero-order valence-corrected chi connectivity index (χ0v) is 26.8. The lowest BCUT2D eigenvalue weighted by atomic mass is 10.0.